The molecule has 3 nitrogen and oxygen atoms in total. The highest BCUT2D eigenvalue weighted by molar-refractivity contribution is 9.10. The fraction of sp³-hybridized carbons (Fsp3) is 0.381. The van der Waals surface area contributed by atoms with Crippen LogP contribution in [0.4, 0.5) is 5.69 Å². The van der Waals surface area contributed by atoms with E-state index in [1.807, 2.05) is 50.2 Å². The molecule has 0 bridgehead atoms. The Morgan fingerprint density at radius 3 is 2.16 bits per heavy atom. The van der Waals surface area contributed by atoms with Gasteiger partial charge in [-0.2, -0.15) is 0 Å². The number of benzene rings is 2. The van der Waals surface area contributed by atoms with Crippen molar-refractivity contribution in [3.05, 3.63) is 57.6 Å². The van der Waals surface area contributed by atoms with E-state index < -0.39 is 0 Å². The second kappa shape index (κ2) is 8.05. The molecular formula is C21H26BrNO2. The van der Waals surface area contributed by atoms with Crippen LogP contribution in [0.5, 0.6) is 5.75 Å². The summed E-state index contributed by atoms with van der Waals surface area (Å²) < 4.78 is 6.96. The molecule has 1 N–H and O–H groups in total. The van der Waals surface area contributed by atoms with Gasteiger partial charge in [0, 0.05) is 16.6 Å². The quantitative estimate of drug-likeness (QED) is 0.662. The van der Waals surface area contributed by atoms with E-state index in [0.29, 0.717) is 13.0 Å². The molecule has 0 atom stereocenters. The molecule has 0 aliphatic carbocycles. The van der Waals surface area contributed by atoms with Crippen molar-refractivity contribution in [2.45, 2.75) is 47.6 Å². The fourth-order valence-corrected chi connectivity index (χ4v) is 2.88. The molecule has 0 unspecified atom stereocenters. The van der Waals surface area contributed by atoms with Crippen molar-refractivity contribution in [3.8, 4) is 5.75 Å². The highest BCUT2D eigenvalue weighted by Gasteiger charge is 2.17. The van der Waals surface area contributed by atoms with E-state index in [4.69, 9.17) is 4.74 Å². The van der Waals surface area contributed by atoms with Crippen LogP contribution in [0.25, 0.3) is 0 Å². The molecule has 2 aromatic rings. The van der Waals surface area contributed by atoms with Gasteiger partial charge in [0.05, 0.1) is 0 Å². The molecule has 0 aliphatic rings. The number of halogens is 1. The standard InChI is InChI=1S/C21H26BrNO2/c1-14-10-18(25-13-16-6-8-17(22)9-7-16)11-15(2)20(14)23-19(24)12-21(3,4)5/h6-11H,12-13H2,1-5H3,(H,23,24). The molecule has 0 aromatic heterocycles. The Morgan fingerprint density at radius 1 is 1.08 bits per heavy atom. The lowest BCUT2D eigenvalue weighted by atomic mass is 9.92. The zero-order valence-corrected chi connectivity index (χ0v) is 17.2. The van der Waals surface area contributed by atoms with Gasteiger partial charge in [-0.1, -0.05) is 48.8 Å². The molecule has 0 radical (unpaired) electrons. The first-order valence-electron chi connectivity index (χ1n) is 8.42. The van der Waals surface area contributed by atoms with Crippen LogP contribution in [0, 0.1) is 19.3 Å². The van der Waals surface area contributed by atoms with Crippen molar-refractivity contribution in [1.82, 2.24) is 0 Å². The molecule has 0 fully saturated rings. The number of aryl methyl sites for hydroxylation is 2. The number of nitrogens with one attached hydrogen (secondary N) is 1. The average molecular weight is 404 g/mol. The second-order valence-electron chi connectivity index (χ2n) is 7.63. The zero-order valence-electron chi connectivity index (χ0n) is 15.6. The highest BCUT2D eigenvalue weighted by Crippen LogP contribution is 2.28. The minimum absolute atomic E-state index is 0.0282. The summed E-state index contributed by atoms with van der Waals surface area (Å²) in [6.07, 6.45) is 0.494. The molecule has 25 heavy (non-hydrogen) atoms. The normalized spacial score (nSPS) is 11.3. The smallest absolute Gasteiger partial charge is 0.224 e. The summed E-state index contributed by atoms with van der Waals surface area (Å²) in [5, 5.41) is 3.04. The van der Waals surface area contributed by atoms with Crippen LogP contribution in [0.15, 0.2) is 40.9 Å². The van der Waals surface area contributed by atoms with Crippen LogP contribution in [0.2, 0.25) is 0 Å². The van der Waals surface area contributed by atoms with Crippen molar-refractivity contribution in [1.29, 1.82) is 0 Å². The van der Waals surface area contributed by atoms with Crippen LogP contribution in [0.3, 0.4) is 0 Å². The first-order chi connectivity index (χ1) is 11.6. The summed E-state index contributed by atoms with van der Waals surface area (Å²) in [7, 11) is 0. The van der Waals surface area contributed by atoms with E-state index >= 15 is 0 Å². The summed E-state index contributed by atoms with van der Waals surface area (Å²) in [6, 6.07) is 12.0. The fourth-order valence-electron chi connectivity index (χ4n) is 2.62. The summed E-state index contributed by atoms with van der Waals surface area (Å²) in [4.78, 5) is 12.2. The summed E-state index contributed by atoms with van der Waals surface area (Å²) in [5.41, 5.74) is 3.98. The molecular weight excluding hydrogens is 378 g/mol. The van der Waals surface area contributed by atoms with Gasteiger partial charge in [0.2, 0.25) is 5.91 Å². The van der Waals surface area contributed by atoms with Crippen molar-refractivity contribution in [2.75, 3.05) is 5.32 Å². The molecule has 0 spiro atoms. The van der Waals surface area contributed by atoms with Crippen LogP contribution in [-0.4, -0.2) is 5.91 Å². The van der Waals surface area contributed by atoms with Gasteiger partial charge in [-0.05, 0) is 60.2 Å². The molecule has 0 heterocycles. The largest absolute Gasteiger partial charge is 0.489 e. The Morgan fingerprint density at radius 2 is 1.64 bits per heavy atom. The topological polar surface area (TPSA) is 38.3 Å². The minimum atomic E-state index is -0.0282. The Labute approximate surface area is 158 Å². The number of ether oxygens (including phenoxy) is 1. The molecule has 1 amide bonds. The van der Waals surface area contributed by atoms with Gasteiger partial charge in [-0.25, -0.2) is 0 Å². The van der Waals surface area contributed by atoms with Crippen LogP contribution < -0.4 is 10.1 Å². The lowest BCUT2D eigenvalue weighted by molar-refractivity contribution is -0.117. The number of rotatable bonds is 5. The van der Waals surface area contributed by atoms with Gasteiger partial charge in [0.1, 0.15) is 12.4 Å². The van der Waals surface area contributed by atoms with E-state index in [-0.39, 0.29) is 11.3 Å². The number of amides is 1. The molecule has 0 aliphatic heterocycles. The molecule has 0 saturated heterocycles. The number of carbonyl (C=O) groups is 1. The molecule has 2 rings (SSSR count). The summed E-state index contributed by atoms with van der Waals surface area (Å²) >= 11 is 3.43. The summed E-state index contributed by atoms with van der Waals surface area (Å²) in [5.74, 6) is 0.856. The Hall–Kier alpha value is -1.81. The lowest BCUT2D eigenvalue weighted by Gasteiger charge is -2.19. The van der Waals surface area contributed by atoms with Crippen molar-refractivity contribution in [2.24, 2.45) is 5.41 Å². The third-order valence-corrected chi connectivity index (χ3v) is 4.31. The van der Waals surface area contributed by atoms with Gasteiger partial charge < -0.3 is 10.1 Å². The molecule has 134 valence electrons. The van der Waals surface area contributed by atoms with Crippen LogP contribution in [0.1, 0.15) is 43.9 Å². The third-order valence-electron chi connectivity index (χ3n) is 3.78. The molecule has 2 aromatic carbocycles. The van der Waals surface area contributed by atoms with Gasteiger partial charge in [0.15, 0.2) is 0 Å². The highest BCUT2D eigenvalue weighted by atomic mass is 79.9. The first-order valence-corrected chi connectivity index (χ1v) is 9.22. The SMILES string of the molecule is Cc1cc(OCc2ccc(Br)cc2)cc(C)c1NC(=O)CC(C)(C)C. The average Bonchev–Trinajstić information content (AvgIpc) is 2.48. The predicted octanol–water partition coefficient (Wildman–Crippen LogP) is 6.02. The van der Waals surface area contributed by atoms with E-state index in [1.54, 1.807) is 0 Å². The van der Waals surface area contributed by atoms with Gasteiger partial charge in [-0.3, -0.25) is 4.79 Å². The predicted molar refractivity (Wildman–Crippen MR) is 107 cm³/mol. The number of carbonyl (C=O) groups excluding carboxylic acids is 1. The van der Waals surface area contributed by atoms with Gasteiger partial charge >= 0.3 is 0 Å². The number of hydrogen-bond acceptors (Lipinski definition) is 2. The zero-order chi connectivity index (χ0) is 18.6. The summed E-state index contributed by atoms with van der Waals surface area (Å²) in [6.45, 7) is 10.7. The minimum Gasteiger partial charge on any atom is -0.489 e. The van der Waals surface area contributed by atoms with Gasteiger partial charge in [-0.15, -0.1) is 0 Å². The van der Waals surface area contributed by atoms with Gasteiger partial charge in [0.25, 0.3) is 0 Å². The lowest BCUT2D eigenvalue weighted by Crippen LogP contribution is -2.20. The van der Waals surface area contributed by atoms with Crippen molar-refractivity contribution >= 4 is 27.5 Å². The Kier molecular flexibility index (Phi) is 6.28. The van der Waals surface area contributed by atoms with E-state index in [9.17, 15) is 4.79 Å². The number of hydrogen-bond donors (Lipinski definition) is 1. The Balaban J connectivity index is 2.06. The van der Waals surface area contributed by atoms with Crippen molar-refractivity contribution in [3.63, 3.8) is 0 Å². The van der Waals surface area contributed by atoms with Crippen molar-refractivity contribution < 1.29 is 9.53 Å². The number of anilines is 1. The molecule has 0 saturated carbocycles. The first kappa shape index (κ1) is 19.5. The third kappa shape index (κ3) is 6.20. The maximum Gasteiger partial charge on any atom is 0.224 e. The van der Waals surface area contributed by atoms with E-state index in [2.05, 4.69) is 42.0 Å². The second-order valence-corrected chi connectivity index (χ2v) is 8.55. The molecule has 4 heteroatoms. The monoisotopic (exact) mass is 403 g/mol. The maximum absolute atomic E-state index is 12.2. The van der Waals surface area contributed by atoms with Crippen LogP contribution in [-0.2, 0) is 11.4 Å². The Bertz CT molecular complexity index is 722. The van der Waals surface area contributed by atoms with Crippen LogP contribution >= 0.6 is 15.9 Å². The van der Waals surface area contributed by atoms with E-state index in [1.165, 1.54) is 0 Å². The van der Waals surface area contributed by atoms with E-state index in [0.717, 1.165) is 32.6 Å². The maximum atomic E-state index is 12.2.